The molecule has 2 N–H and O–H groups in total. The Hall–Kier alpha value is -2.06. The van der Waals surface area contributed by atoms with Crippen molar-refractivity contribution in [1.82, 2.24) is 25.6 Å². The van der Waals surface area contributed by atoms with E-state index in [1.54, 1.807) is 29.9 Å². The predicted octanol–water partition coefficient (Wildman–Crippen LogP) is 1.61. The van der Waals surface area contributed by atoms with Crippen LogP contribution in [0.1, 0.15) is 41.2 Å². The van der Waals surface area contributed by atoms with Crippen molar-refractivity contribution in [2.24, 2.45) is 0 Å². The number of thiazole rings is 1. The quantitative estimate of drug-likeness (QED) is 0.856. The second kappa shape index (κ2) is 7.67. The van der Waals surface area contributed by atoms with Gasteiger partial charge in [-0.05, 0) is 32.9 Å². The number of piperidine rings is 1. The van der Waals surface area contributed by atoms with Gasteiger partial charge in [0.05, 0.1) is 11.6 Å². The highest BCUT2D eigenvalue weighted by atomic mass is 32.1. The van der Waals surface area contributed by atoms with Crippen LogP contribution in [0, 0.1) is 0 Å². The molecule has 0 aromatic carbocycles. The molecule has 8 heteroatoms. The molecule has 1 aliphatic rings. The molecule has 2 aromatic rings. The number of carbonyl (C=O) groups excluding carboxylic acids is 1. The maximum Gasteiger partial charge on any atom is 0.254 e. The van der Waals surface area contributed by atoms with Gasteiger partial charge in [0.2, 0.25) is 5.95 Å². The Kier molecular flexibility index (Phi) is 5.37. The largest absolute Gasteiger partial charge is 0.349 e. The van der Waals surface area contributed by atoms with Crippen molar-refractivity contribution in [1.29, 1.82) is 0 Å². The van der Waals surface area contributed by atoms with Gasteiger partial charge in [0.1, 0.15) is 5.01 Å². The second-order valence-corrected chi connectivity index (χ2v) is 6.85. The van der Waals surface area contributed by atoms with E-state index in [9.17, 15) is 4.79 Å². The Morgan fingerprint density at radius 2 is 2.04 bits per heavy atom. The summed E-state index contributed by atoms with van der Waals surface area (Å²) in [4.78, 5) is 27.2. The molecule has 1 aliphatic heterocycles. The van der Waals surface area contributed by atoms with Crippen molar-refractivity contribution in [3.63, 3.8) is 0 Å². The molecule has 24 heavy (non-hydrogen) atoms. The lowest BCUT2D eigenvalue weighted by Crippen LogP contribution is -2.42. The van der Waals surface area contributed by atoms with Crippen LogP contribution in [-0.2, 0) is 0 Å². The van der Waals surface area contributed by atoms with Crippen LogP contribution >= 0.6 is 11.3 Å². The van der Waals surface area contributed by atoms with Crippen molar-refractivity contribution in [3.05, 3.63) is 34.5 Å². The first-order chi connectivity index (χ1) is 11.6. The molecule has 0 saturated carbocycles. The zero-order chi connectivity index (χ0) is 16.9. The molecule has 0 spiro atoms. The maximum atomic E-state index is 12.3. The van der Waals surface area contributed by atoms with Crippen LogP contribution in [0.15, 0.2) is 24.0 Å². The molecule has 0 bridgehead atoms. The highest BCUT2D eigenvalue weighted by Crippen LogP contribution is 2.23. The summed E-state index contributed by atoms with van der Waals surface area (Å²) in [6.07, 6.45) is 6.88. The predicted molar refractivity (Wildman–Crippen MR) is 94.3 cm³/mol. The van der Waals surface area contributed by atoms with Crippen LogP contribution in [0.5, 0.6) is 0 Å². The number of amides is 1. The average Bonchev–Trinajstić information content (AvgIpc) is 3.16. The number of anilines is 1. The van der Waals surface area contributed by atoms with Crippen molar-refractivity contribution < 1.29 is 4.79 Å². The van der Waals surface area contributed by atoms with E-state index in [0.717, 1.165) is 30.9 Å². The Balaban J connectivity index is 1.63. The molecule has 1 saturated heterocycles. The van der Waals surface area contributed by atoms with Gasteiger partial charge < -0.3 is 15.5 Å². The van der Waals surface area contributed by atoms with E-state index in [1.807, 2.05) is 17.3 Å². The van der Waals surface area contributed by atoms with Crippen LogP contribution in [-0.4, -0.2) is 47.0 Å². The van der Waals surface area contributed by atoms with E-state index in [-0.39, 0.29) is 18.0 Å². The van der Waals surface area contributed by atoms with Crippen LogP contribution in [0.2, 0.25) is 0 Å². The van der Waals surface area contributed by atoms with E-state index >= 15 is 0 Å². The number of rotatable bonds is 5. The summed E-state index contributed by atoms with van der Waals surface area (Å²) in [7, 11) is 1.93. The fourth-order valence-corrected chi connectivity index (χ4v) is 3.37. The molecule has 2 aromatic heterocycles. The molecule has 1 fully saturated rings. The van der Waals surface area contributed by atoms with Crippen LogP contribution < -0.4 is 15.5 Å². The minimum atomic E-state index is -0.107. The maximum absolute atomic E-state index is 12.3. The summed E-state index contributed by atoms with van der Waals surface area (Å²) in [5.74, 6) is 0.472. The molecule has 1 atom stereocenters. The van der Waals surface area contributed by atoms with Crippen molar-refractivity contribution in [2.75, 3.05) is 25.0 Å². The van der Waals surface area contributed by atoms with Gasteiger partial charge >= 0.3 is 0 Å². The molecule has 0 radical (unpaired) electrons. The first kappa shape index (κ1) is 16.8. The topological polar surface area (TPSA) is 83.0 Å². The van der Waals surface area contributed by atoms with E-state index in [1.165, 1.54) is 0 Å². The molecular formula is C16H22N6OS. The fourth-order valence-electron chi connectivity index (χ4n) is 2.64. The van der Waals surface area contributed by atoms with Crippen molar-refractivity contribution in [3.8, 4) is 0 Å². The minimum Gasteiger partial charge on any atom is -0.349 e. The summed E-state index contributed by atoms with van der Waals surface area (Å²) in [5, 5.41) is 9.29. The molecule has 3 rings (SSSR count). The number of nitrogens with zero attached hydrogens (tertiary/aromatic N) is 4. The van der Waals surface area contributed by atoms with E-state index in [4.69, 9.17) is 0 Å². The van der Waals surface area contributed by atoms with Gasteiger partial charge in [-0.1, -0.05) is 0 Å². The van der Waals surface area contributed by atoms with E-state index < -0.39 is 0 Å². The molecule has 1 unspecified atom stereocenters. The SMILES string of the molecule is CC(c1nccs1)N(C)c1ncc(C(=O)NC2CCNCC2)cn1. The smallest absolute Gasteiger partial charge is 0.254 e. The molecule has 0 aliphatic carbocycles. The summed E-state index contributed by atoms with van der Waals surface area (Å²) >= 11 is 1.60. The van der Waals surface area contributed by atoms with Gasteiger partial charge in [0, 0.05) is 37.1 Å². The lowest BCUT2D eigenvalue weighted by Gasteiger charge is -2.24. The number of hydrogen-bond acceptors (Lipinski definition) is 7. The number of hydrogen-bond donors (Lipinski definition) is 2. The number of nitrogens with one attached hydrogen (secondary N) is 2. The first-order valence-corrected chi connectivity index (χ1v) is 8.99. The Morgan fingerprint density at radius 3 is 2.67 bits per heavy atom. The fraction of sp³-hybridized carbons (Fsp3) is 0.500. The van der Waals surface area contributed by atoms with Crippen molar-refractivity contribution in [2.45, 2.75) is 31.8 Å². The Morgan fingerprint density at radius 1 is 1.33 bits per heavy atom. The summed E-state index contributed by atoms with van der Waals surface area (Å²) in [5.41, 5.74) is 0.493. The number of aromatic nitrogens is 3. The summed E-state index contributed by atoms with van der Waals surface area (Å²) in [6.45, 7) is 3.94. The highest BCUT2D eigenvalue weighted by Gasteiger charge is 2.19. The average molecular weight is 346 g/mol. The van der Waals surface area contributed by atoms with Gasteiger partial charge in [-0.15, -0.1) is 11.3 Å². The van der Waals surface area contributed by atoms with Crippen LogP contribution in [0.3, 0.4) is 0 Å². The lowest BCUT2D eigenvalue weighted by molar-refractivity contribution is 0.0929. The molecule has 1 amide bonds. The van der Waals surface area contributed by atoms with E-state index in [2.05, 4.69) is 32.5 Å². The molecule has 128 valence electrons. The summed E-state index contributed by atoms with van der Waals surface area (Å²) in [6, 6.07) is 0.311. The van der Waals surface area contributed by atoms with Gasteiger partial charge in [-0.25, -0.2) is 15.0 Å². The Labute approximate surface area is 145 Å². The standard InChI is InChI=1S/C16H22N6OS/c1-11(15-18-7-8-24-15)22(2)16-19-9-12(10-20-16)14(23)21-13-3-5-17-6-4-13/h7-11,13,17H,3-6H2,1-2H3,(H,21,23). The van der Waals surface area contributed by atoms with Gasteiger partial charge in [-0.2, -0.15) is 0 Å². The van der Waals surface area contributed by atoms with E-state index in [0.29, 0.717) is 11.5 Å². The Bertz CT molecular complexity index is 654. The lowest BCUT2D eigenvalue weighted by atomic mass is 10.1. The van der Waals surface area contributed by atoms with Gasteiger partial charge in [-0.3, -0.25) is 4.79 Å². The minimum absolute atomic E-state index is 0.0828. The number of carbonyl (C=O) groups is 1. The van der Waals surface area contributed by atoms with Crippen LogP contribution in [0.25, 0.3) is 0 Å². The molecule has 7 nitrogen and oxygen atoms in total. The van der Waals surface area contributed by atoms with Gasteiger partial charge in [0.25, 0.3) is 5.91 Å². The third-order valence-electron chi connectivity index (χ3n) is 4.28. The normalized spacial score (nSPS) is 16.6. The first-order valence-electron chi connectivity index (χ1n) is 8.11. The second-order valence-electron chi connectivity index (χ2n) is 5.93. The monoisotopic (exact) mass is 346 g/mol. The van der Waals surface area contributed by atoms with Gasteiger partial charge in [0.15, 0.2) is 0 Å². The molecular weight excluding hydrogens is 324 g/mol. The summed E-state index contributed by atoms with van der Waals surface area (Å²) < 4.78 is 0. The molecule has 3 heterocycles. The zero-order valence-electron chi connectivity index (χ0n) is 13.9. The van der Waals surface area contributed by atoms with Crippen LogP contribution in [0.4, 0.5) is 5.95 Å². The third-order valence-corrected chi connectivity index (χ3v) is 5.23. The zero-order valence-corrected chi connectivity index (χ0v) is 14.7. The highest BCUT2D eigenvalue weighted by molar-refractivity contribution is 7.09. The third kappa shape index (κ3) is 3.88. The van der Waals surface area contributed by atoms with Crippen molar-refractivity contribution >= 4 is 23.2 Å².